The molecule has 1 aliphatic heterocycles. The zero-order chi connectivity index (χ0) is 18.2. The minimum Gasteiger partial charge on any atom is -0.486 e. The van der Waals surface area contributed by atoms with Crippen molar-refractivity contribution in [2.24, 2.45) is 0 Å². The molecule has 4 nitrogen and oxygen atoms in total. The van der Waals surface area contributed by atoms with Crippen LogP contribution in [-0.2, 0) is 22.7 Å². The van der Waals surface area contributed by atoms with Crippen molar-refractivity contribution in [2.75, 3.05) is 13.3 Å². The van der Waals surface area contributed by atoms with Crippen molar-refractivity contribution in [1.29, 1.82) is 0 Å². The van der Waals surface area contributed by atoms with Gasteiger partial charge in [-0.05, 0) is 24.0 Å². The van der Waals surface area contributed by atoms with Gasteiger partial charge in [0.05, 0.1) is 19.4 Å². The van der Waals surface area contributed by atoms with E-state index in [-0.39, 0.29) is 6.61 Å². The molecule has 1 heterocycles. The average Bonchev–Trinajstić information content (AvgIpc) is 2.69. The van der Waals surface area contributed by atoms with Gasteiger partial charge in [-0.3, -0.25) is 5.01 Å². The van der Waals surface area contributed by atoms with E-state index in [1.54, 1.807) is 0 Å². The Labute approximate surface area is 159 Å². The first-order valence-electron chi connectivity index (χ1n) is 9.23. The van der Waals surface area contributed by atoms with E-state index < -0.39 is 6.67 Å². The molecule has 0 spiro atoms. The summed E-state index contributed by atoms with van der Waals surface area (Å²) in [7, 11) is 0. The van der Waals surface area contributed by atoms with Crippen LogP contribution in [-0.4, -0.2) is 24.3 Å². The summed E-state index contributed by atoms with van der Waals surface area (Å²) in [6, 6.07) is 8.40. The third kappa shape index (κ3) is 5.39. The monoisotopic (exact) mass is 380 g/mol. The van der Waals surface area contributed by atoms with E-state index in [0.717, 1.165) is 11.1 Å². The number of nitrogens with zero attached hydrogens (tertiary/aromatic N) is 1. The summed E-state index contributed by atoms with van der Waals surface area (Å²) < 4.78 is 23.1. The van der Waals surface area contributed by atoms with Gasteiger partial charge in [0.1, 0.15) is 18.3 Å². The highest BCUT2D eigenvalue weighted by molar-refractivity contribution is 6.31. The summed E-state index contributed by atoms with van der Waals surface area (Å²) >= 11 is 6.40. The zero-order valence-corrected chi connectivity index (χ0v) is 15.7. The van der Waals surface area contributed by atoms with Crippen LogP contribution in [0.5, 0.6) is 0 Å². The second-order valence-electron chi connectivity index (χ2n) is 6.66. The van der Waals surface area contributed by atoms with E-state index in [1.807, 2.05) is 36.7 Å². The number of alkyl halides is 1. The Kier molecular flexibility index (Phi) is 7.21. The Bertz CT molecular complexity index is 627. The first-order chi connectivity index (χ1) is 12.8. The minimum absolute atomic E-state index is 0.134. The molecule has 26 heavy (non-hydrogen) atoms. The first kappa shape index (κ1) is 19.1. The molecule has 1 aromatic carbocycles. The van der Waals surface area contributed by atoms with Gasteiger partial charge in [0, 0.05) is 12.2 Å². The third-order valence-corrected chi connectivity index (χ3v) is 4.99. The summed E-state index contributed by atoms with van der Waals surface area (Å²) in [5.41, 5.74) is 5.34. The maximum absolute atomic E-state index is 12.0. The molecule has 1 aliphatic carbocycles. The van der Waals surface area contributed by atoms with Crippen molar-refractivity contribution >= 4 is 11.6 Å². The average molecular weight is 381 g/mol. The number of hydrogen-bond donors (Lipinski definition) is 1. The molecule has 2 aliphatic rings. The fourth-order valence-electron chi connectivity index (χ4n) is 3.24. The van der Waals surface area contributed by atoms with Gasteiger partial charge in [-0.1, -0.05) is 55.1 Å². The summed E-state index contributed by atoms with van der Waals surface area (Å²) in [6.45, 7) is 0.536. The summed E-state index contributed by atoms with van der Waals surface area (Å²) in [6.07, 6.45) is 10.0. The van der Waals surface area contributed by atoms with Gasteiger partial charge in [-0.15, -0.1) is 0 Å². The van der Waals surface area contributed by atoms with Crippen molar-refractivity contribution < 1.29 is 13.9 Å². The lowest BCUT2D eigenvalue weighted by Crippen LogP contribution is -2.42. The lowest BCUT2D eigenvalue weighted by molar-refractivity contribution is 0.106. The summed E-state index contributed by atoms with van der Waals surface area (Å²) in [5, 5.41) is 2.71. The lowest BCUT2D eigenvalue weighted by Gasteiger charge is -2.35. The maximum atomic E-state index is 12.0. The normalized spacial score (nSPS) is 18.2. The highest BCUT2D eigenvalue weighted by atomic mass is 35.5. The Morgan fingerprint density at radius 2 is 1.77 bits per heavy atom. The van der Waals surface area contributed by atoms with Crippen molar-refractivity contribution in [3.8, 4) is 0 Å². The summed E-state index contributed by atoms with van der Waals surface area (Å²) in [4.78, 5) is 0. The number of rotatable bonds is 8. The van der Waals surface area contributed by atoms with Gasteiger partial charge < -0.3 is 14.9 Å². The maximum Gasteiger partial charge on any atom is 0.157 e. The van der Waals surface area contributed by atoms with E-state index in [4.69, 9.17) is 21.1 Å². The van der Waals surface area contributed by atoms with E-state index >= 15 is 0 Å². The number of benzene rings is 1. The van der Waals surface area contributed by atoms with Crippen LogP contribution in [0.2, 0.25) is 0 Å². The summed E-state index contributed by atoms with van der Waals surface area (Å²) in [5.74, 6) is 0.647. The molecule has 0 amide bonds. The van der Waals surface area contributed by atoms with Crippen molar-refractivity contribution in [1.82, 2.24) is 10.4 Å². The zero-order valence-electron chi connectivity index (χ0n) is 14.9. The highest BCUT2D eigenvalue weighted by Gasteiger charge is 2.22. The SMILES string of the molecule is FCCOCc1ccc(COC2=CNN(C3CCCCC3)C=C2Cl)cc1. The van der Waals surface area contributed by atoms with Gasteiger partial charge in [0.15, 0.2) is 5.76 Å². The number of halogens is 2. The molecule has 0 radical (unpaired) electrons. The van der Waals surface area contributed by atoms with E-state index in [2.05, 4.69) is 10.4 Å². The molecular weight excluding hydrogens is 355 g/mol. The molecule has 0 aromatic heterocycles. The number of nitrogens with one attached hydrogen (secondary N) is 1. The number of hydrogen-bond acceptors (Lipinski definition) is 4. The highest BCUT2D eigenvalue weighted by Crippen LogP contribution is 2.27. The van der Waals surface area contributed by atoms with Crippen molar-refractivity contribution in [3.05, 3.63) is 58.6 Å². The minimum atomic E-state index is -0.457. The Morgan fingerprint density at radius 1 is 1.08 bits per heavy atom. The first-order valence-corrected chi connectivity index (χ1v) is 9.61. The van der Waals surface area contributed by atoms with Gasteiger partial charge in [-0.2, -0.15) is 0 Å². The van der Waals surface area contributed by atoms with Crippen LogP contribution in [0, 0.1) is 0 Å². The number of ether oxygens (including phenoxy) is 2. The number of hydrazine groups is 1. The molecule has 6 heteroatoms. The predicted molar refractivity (Wildman–Crippen MR) is 101 cm³/mol. The van der Waals surface area contributed by atoms with Gasteiger partial charge in [0.25, 0.3) is 0 Å². The fourth-order valence-corrected chi connectivity index (χ4v) is 3.46. The van der Waals surface area contributed by atoms with Crippen LogP contribution in [0.4, 0.5) is 4.39 Å². The molecule has 3 rings (SSSR count). The Morgan fingerprint density at radius 3 is 2.42 bits per heavy atom. The topological polar surface area (TPSA) is 33.7 Å². The predicted octanol–water partition coefficient (Wildman–Crippen LogP) is 4.76. The van der Waals surface area contributed by atoms with Crippen molar-refractivity contribution in [3.63, 3.8) is 0 Å². The molecule has 0 unspecified atom stereocenters. The van der Waals surface area contributed by atoms with Crippen LogP contribution in [0.1, 0.15) is 43.2 Å². The fraction of sp³-hybridized carbons (Fsp3) is 0.500. The quantitative estimate of drug-likeness (QED) is 0.659. The van der Waals surface area contributed by atoms with E-state index in [9.17, 15) is 4.39 Å². The van der Waals surface area contributed by atoms with Gasteiger partial charge in [0.2, 0.25) is 0 Å². The van der Waals surface area contributed by atoms with Crippen LogP contribution in [0.15, 0.2) is 47.5 Å². The largest absolute Gasteiger partial charge is 0.486 e. The standard InChI is InChI=1S/C20H26ClFN2O2/c21-19-13-24(18-4-2-1-3-5-18)23-12-20(19)26-15-17-8-6-16(7-9-17)14-25-11-10-22/h6-9,12-13,18,23H,1-5,10-11,14-15H2. The molecule has 0 saturated heterocycles. The Balaban J connectivity index is 1.47. The van der Waals surface area contributed by atoms with Crippen molar-refractivity contribution in [2.45, 2.75) is 51.4 Å². The molecule has 1 fully saturated rings. The van der Waals surface area contributed by atoms with E-state index in [0.29, 0.717) is 30.0 Å². The molecular formula is C20H26ClFN2O2. The Hall–Kier alpha value is -1.72. The van der Waals surface area contributed by atoms with Crippen LogP contribution < -0.4 is 5.43 Å². The second-order valence-corrected chi connectivity index (χ2v) is 7.07. The van der Waals surface area contributed by atoms with Gasteiger partial charge in [-0.25, -0.2) is 4.39 Å². The molecule has 142 valence electrons. The van der Waals surface area contributed by atoms with E-state index in [1.165, 1.54) is 32.1 Å². The molecule has 1 aromatic rings. The van der Waals surface area contributed by atoms with Gasteiger partial charge >= 0.3 is 0 Å². The van der Waals surface area contributed by atoms with Crippen LogP contribution in [0.25, 0.3) is 0 Å². The lowest BCUT2D eigenvalue weighted by atomic mass is 9.95. The molecule has 0 atom stereocenters. The smallest absolute Gasteiger partial charge is 0.157 e. The third-order valence-electron chi connectivity index (χ3n) is 4.71. The molecule has 1 saturated carbocycles. The van der Waals surface area contributed by atoms with Crippen LogP contribution >= 0.6 is 11.6 Å². The second kappa shape index (κ2) is 9.83. The molecule has 0 bridgehead atoms. The number of allylic oxidation sites excluding steroid dienone is 1. The van der Waals surface area contributed by atoms with Crippen LogP contribution in [0.3, 0.4) is 0 Å². The molecule has 1 N–H and O–H groups in total.